The standard InChI is InChI=1S/C15H20N2O/c1-10-4-6-12-11(9-10)5-7-13(12)17-15(18)14-3-2-8-16-14/h4,6,9,13-14,16H,2-3,5,7-8H2,1H3,(H,17,18). The van der Waals surface area contributed by atoms with Crippen molar-refractivity contribution in [3.63, 3.8) is 0 Å². The number of carbonyl (C=O) groups excluding carboxylic acids is 1. The van der Waals surface area contributed by atoms with Gasteiger partial charge < -0.3 is 10.6 Å². The van der Waals surface area contributed by atoms with E-state index in [0.29, 0.717) is 0 Å². The third-order valence-electron chi connectivity index (χ3n) is 4.07. The molecule has 2 N–H and O–H groups in total. The molecule has 1 aliphatic heterocycles. The Morgan fingerprint density at radius 2 is 2.28 bits per heavy atom. The minimum Gasteiger partial charge on any atom is -0.348 e. The first-order chi connectivity index (χ1) is 8.74. The van der Waals surface area contributed by atoms with E-state index in [1.165, 1.54) is 16.7 Å². The van der Waals surface area contributed by atoms with Crippen LogP contribution in [0.5, 0.6) is 0 Å². The van der Waals surface area contributed by atoms with Crippen LogP contribution in [0.3, 0.4) is 0 Å². The molecule has 2 aliphatic rings. The maximum atomic E-state index is 12.1. The quantitative estimate of drug-likeness (QED) is 0.833. The Hall–Kier alpha value is -1.35. The lowest BCUT2D eigenvalue weighted by atomic mass is 10.1. The minimum absolute atomic E-state index is 0.0273. The molecule has 18 heavy (non-hydrogen) atoms. The van der Waals surface area contributed by atoms with E-state index < -0.39 is 0 Å². The van der Waals surface area contributed by atoms with Crippen LogP contribution in [0.2, 0.25) is 0 Å². The number of nitrogens with one attached hydrogen (secondary N) is 2. The van der Waals surface area contributed by atoms with Crippen molar-refractivity contribution < 1.29 is 4.79 Å². The molecule has 1 fully saturated rings. The van der Waals surface area contributed by atoms with Crippen molar-refractivity contribution in [2.75, 3.05) is 6.54 Å². The maximum Gasteiger partial charge on any atom is 0.237 e. The fourth-order valence-electron chi connectivity index (χ4n) is 3.08. The topological polar surface area (TPSA) is 41.1 Å². The Bertz CT molecular complexity index is 464. The van der Waals surface area contributed by atoms with Crippen LogP contribution in [-0.4, -0.2) is 18.5 Å². The van der Waals surface area contributed by atoms with Crippen LogP contribution >= 0.6 is 0 Å². The van der Waals surface area contributed by atoms with Gasteiger partial charge in [-0.3, -0.25) is 4.79 Å². The molecule has 1 heterocycles. The highest BCUT2D eigenvalue weighted by Gasteiger charge is 2.28. The van der Waals surface area contributed by atoms with Gasteiger partial charge in [-0.25, -0.2) is 0 Å². The van der Waals surface area contributed by atoms with Crippen molar-refractivity contribution in [3.8, 4) is 0 Å². The van der Waals surface area contributed by atoms with E-state index in [2.05, 4.69) is 35.8 Å². The summed E-state index contributed by atoms with van der Waals surface area (Å²) < 4.78 is 0. The summed E-state index contributed by atoms with van der Waals surface area (Å²) in [6.07, 6.45) is 4.20. The zero-order valence-electron chi connectivity index (χ0n) is 10.8. The fraction of sp³-hybridized carbons (Fsp3) is 0.533. The average molecular weight is 244 g/mol. The largest absolute Gasteiger partial charge is 0.348 e. The molecule has 1 saturated heterocycles. The molecule has 1 aromatic rings. The summed E-state index contributed by atoms with van der Waals surface area (Å²) in [6, 6.07) is 6.80. The molecule has 3 rings (SSSR count). The minimum atomic E-state index is 0.0273. The molecule has 0 spiro atoms. The number of aryl methyl sites for hydroxylation is 2. The number of rotatable bonds is 2. The van der Waals surface area contributed by atoms with E-state index in [-0.39, 0.29) is 18.0 Å². The Morgan fingerprint density at radius 3 is 3.06 bits per heavy atom. The maximum absolute atomic E-state index is 12.1. The summed E-state index contributed by atoms with van der Waals surface area (Å²) in [5.41, 5.74) is 4.02. The van der Waals surface area contributed by atoms with Crippen molar-refractivity contribution in [2.24, 2.45) is 0 Å². The van der Waals surface area contributed by atoms with E-state index in [1.54, 1.807) is 0 Å². The van der Waals surface area contributed by atoms with E-state index >= 15 is 0 Å². The number of fused-ring (bicyclic) bond motifs is 1. The van der Waals surface area contributed by atoms with Crippen molar-refractivity contribution in [3.05, 3.63) is 34.9 Å². The Morgan fingerprint density at radius 1 is 1.39 bits per heavy atom. The van der Waals surface area contributed by atoms with Gasteiger partial charge in [0.25, 0.3) is 0 Å². The van der Waals surface area contributed by atoms with Crippen LogP contribution in [0.15, 0.2) is 18.2 Å². The van der Waals surface area contributed by atoms with E-state index in [1.807, 2.05) is 0 Å². The molecule has 3 heteroatoms. The van der Waals surface area contributed by atoms with Crippen LogP contribution in [-0.2, 0) is 11.2 Å². The number of hydrogen-bond acceptors (Lipinski definition) is 2. The van der Waals surface area contributed by atoms with Crippen molar-refractivity contribution in [1.82, 2.24) is 10.6 Å². The Kier molecular flexibility index (Phi) is 3.08. The lowest BCUT2D eigenvalue weighted by molar-refractivity contribution is -0.123. The van der Waals surface area contributed by atoms with Gasteiger partial charge in [-0.15, -0.1) is 0 Å². The van der Waals surface area contributed by atoms with E-state index in [4.69, 9.17) is 0 Å². The van der Waals surface area contributed by atoms with E-state index in [0.717, 1.165) is 32.2 Å². The van der Waals surface area contributed by atoms with Gasteiger partial charge in [-0.2, -0.15) is 0 Å². The molecule has 1 aromatic carbocycles. The lowest BCUT2D eigenvalue weighted by Gasteiger charge is -2.17. The fourth-order valence-corrected chi connectivity index (χ4v) is 3.08. The summed E-state index contributed by atoms with van der Waals surface area (Å²) >= 11 is 0. The molecule has 0 saturated carbocycles. The van der Waals surface area contributed by atoms with Gasteiger partial charge in [-0.1, -0.05) is 23.8 Å². The highest BCUT2D eigenvalue weighted by molar-refractivity contribution is 5.82. The van der Waals surface area contributed by atoms with Gasteiger partial charge >= 0.3 is 0 Å². The number of hydrogen-bond donors (Lipinski definition) is 2. The Labute approximate surface area is 108 Å². The first-order valence-electron chi connectivity index (χ1n) is 6.87. The summed E-state index contributed by atoms with van der Waals surface area (Å²) in [6.45, 7) is 3.09. The summed E-state index contributed by atoms with van der Waals surface area (Å²) in [5, 5.41) is 6.45. The third-order valence-corrected chi connectivity index (χ3v) is 4.07. The molecule has 96 valence electrons. The van der Waals surface area contributed by atoms with Gasteiger partial charge in [0, 0.05) is 0 Å². The highest BCUT2D eigenvalue weighted by atomic mass is 16.2. The highest BCUT2D eigenvalue weighted by Crippen LogP contribution is 2.31. The summed E-state index contributed by atoms with van der Waals surface area (Å²) in [5.74, 6) is 0.172. The predicted molar refractivity (Wildman–Crippen MR) is 71.4 cm³/mol. The lowest BCUT2D eigenvalue weighted by Crippen LogP contribution is -2.41. The van der Waals surface area contributed by atoms with Gasteiger partial charge in [0.1, 0.15) is 0 Å². The van der Waals surface area contributed by atoms with Gasteiger partial charge in [0.15, 0.2) is 0 Å². The summed E-state index contributed by atoms with van der Waals surface area (Å²) in [7, 11) is 0. The van der Waals surface area contributed by atoms with E-state index in [9.17, 15) is 4.79 Å². The zero-order chi connectivity index (χ0) is 12.5. The molecule has 1 amide bonds. The van der Waals surface area contributed by atoms with Crippen LogP contribution in [0.1, 0.15) is 42.0 Å². The van der Waals surface area contributed by atoms with Crippen LogP contribution in [0, 0.1) is 6.92 Å². The molecule has 0 aromatic heterocycles. The number of amides is 1. The molecule has 0 radical (unpaired) electrons. The molecular weight excluding hydrogens is 224 g/mol. The van der Waals surface area contributed by atoms with Crippen molar-refractivity contribution in [2.45, 2.75) is 44.7 Å². The van der Waals surface area contributed by atoms with Gasteiger partial charge in [-0.05, 0) is 50.3 Å². The van der Waals surface area contributed by atoms with Crippen molar-refractivity contribution in [1.29, 1.82) is 0 Å². The van der Waals surface area contributed by atoms with Crippen LogP contribution < -0.4 is 10.6 Å². The molecule has 3 nitrogen and oxygen atoms in total. The molecular formula is C15H20N2O. The second-order valence-corrected chi connectivity index (χ2v) is 5.45. The van der Waals surface area contributed by atoms with Gasteiger partial charge in [0.2, 0.25) is 5.91 Å². The van der Waals surface area contributed by atoms with Gasteiger partial charge in [0.05, 0.1) is 12.1 Å². The first-order valence-corrected chi connectivity index (χ1v) is 6.87. The zero-order valence-corrected chi connectivity index (χ0v) is 10.8. The number of benzene rings is 1. The predicted octanol–water partition coefficient (Wildman–Crippen LogP) is 1.85. The monoisotopic (exact) mass is 244 g/mol. The molecule has 0 bridgehead atoms. The second-order valence-electron chi connectivity index (χ2n) is 5.45. The van der Waals surface area contributed by atoms with Crippen molar-refractivity contribution >= 4 is 5.91 Å². The molecule has 2 unspecified atom stereocenters. The molecule has 2 atom stereocenters. The summed E-state index contributed by atoms with van der Waals surface area (Å²) in [4.78, 5) is 12.1. The number of carbonyl (C=O) groups is 1. The first kappa shape index (κ1) is 11.7. The average Bonchev–Trinajstić information content (AvgIpc) is 2.98. The Balaban J connectivity index is 1.70. The smallest absolute Gasteiger partial charge is 0.237 e. The SMILES string of the molecule is Cc1ccc2c(c1)CCC2NC(=O)C1CCCN1. The molecule has 1 aliphatic carbocycles. The van der Waals surface area contributed by atoms with Crippen LogP contribution in [0.25, 0.3) is 0 Å². The third kappa shape index (κ3) is 2.15. The van der Waals surface area contributed by atoms with Crippen LogP contribution in [0.4, 0.5) is 0 Å². The normalized spacial score (nSPS) is 26.1. The second kappa shape index (κ2) is 4.73.